The van der Waals surface area contributed by atoms with Gasteiger partial charge in [0, 0.05) is 18.1 Å². The molecule has 4 rings (SSSR count). The van der Waals surface area contributed by atoms with Crippen molar-refractivity contribution >= 4 is 39.3 Å². The first-order valence-corrected chi connectivity index (χ1v) is 10.7. The third-order valence-corrected chi connectivity index (χ3v) is 5.65. The molecule has 9 heteroatoms. The van der Waals surface area contributed by atoms with Gasteiger partial charge in [0.25, 0.3) is 0 Å². The molecule has 2 heterocycles. The van der Waals surface area contributed by atoms with E-state index in [1.165, 1.54) is 18.7 Å². The van der Waals surface area contributed by atoms with E-state index >= 15 is 0 Å². The van der Waals surface area contributed by atoms with Crippen LogP contribution < -0.4 is 14.4 Å². The lowest BCUT2D eigenvalue weighted by Crippen LogP contribution is -2.36. The fraction of sp³-hybridized carbons (Fsp3) is 0.200. The number of amides is 1. The van der Waals surface area contributed by atoms with Crippen molar-refractivity contribution < 1.29 is 14.3 Å². The number of ether oxygens (including phenoxy) is 2. The summed E-state index contributed by atoms with van der Waals surface area (Å²) in [5.74, 6) is 0.851. The van der Waals surface area contributed by atoms with Crippen LogP contribution in [-0.4, -0.2) is 34.5 Å². The van der Waals surface area contributed by atoms with Crippen LogP contribution in [0.15, 0.2) is 52.1 Å². The van der Waals surface area contributed by atoms with Crippen molar-refractivity contribution in [3.63, 3.8) is 0 Å². The van der Waals surface area contributed by atoms with Gasteiger partial charge in [-0.2, -0.15) is 4.98 Å². The summed E-state index contributed by atoms with van der Waals surface area (Å²) in [6.07, 6.45) is 1.14. The van der Waals surface area contributed by atoms with E-state index in [0.29, 0.717) is 28.2 Å². The van der Waals surface area contributed by atoms with Crippen LogP contribution >= 0.6 is 27.7 Å². The lowest BCUT2D eigenvalue weighted by atomic mass is 10.1. The zero-order valence-electron chi connectivity index (χ0n) is 15.9. The molecule has 2 aromatic carbocycles. The van der Waals surface area contributed by atoms with Crippen molar-refractivity contribution in [2.75, 3.05) is 18.3 Å². The molecular weight excluding hydrogens is 456 g/mol. The number of halogens is 1. The molecule has 0 bridgehead atoms. The number of methoxy groups -OCH3 is 1. The van der Waals surface area contributed by atoms with E-state index in [4.69, 9.17) is 9.47 Å². The molecule has 1 aromatic heterocycles. The minimum atomic E-state index is -0.733. The van der Waals surface area contributed by atoms with E-state index in [1.54, 1.807) is 12.0 Å². The number of fused-ring (bicyclic) bond motifs is 3. The summed E-state index contributed by atoms with van der Waals surface area (Å²) in [7, 11) is 1.60. The number of thioether (sulfide) groups is 1. The van der Waals surface area contributed by atoms with E-state index in [0.717, 1.165) is 15.6 Å². The molecule has 0 fully saturated rings. The number of hydrogen-bond acceptors (Lipinski definition) is 7. The molecule has 0 N–H and O–H groups in total. The molecule has 7 nitrogen and oxygen atoms in total. The molecule has 0 saturated carbocycles. The molecule has 29 heavy (non-hydrogen) atoms. The van der Waals surface area contributed by atoms with Crippen LogP contribution in [0.5, 0.6) is 11.6 Å². The Morgan fingerprint density at radius 3 is 2.72 bits per heavy atom. The normalized spacial score (nSPS) is 15.0. The Labute approximate surface area is 180 Å². The standard InChI is InChI=1S/C20H17BrN4O3S/c1-11(26)25-15-7-5-4-6-13(15)17-18(22-20(29-3)24-23-17)28-19(25)12-8-9-16(27-2)14(21)10-12/h4-10,19H,1-3H3/t19-/m1/s1. The van der Waals surface area contributed by atoms with E-state index < -0.39 is 6.23 Å². The Morgan fingerprint density at radius 2 is 2.03 bits per heavy atom. The summed E-state index contributed by atoms with van der Waals surface area (Å²) in [5.41, 5.74) is 2.68. The van der Waals surface area contributed by atoms with Gasteiger partial charge in [0.2, 0.25) is 23.2 Å². The number of hydrogen-bond donors (Lipinski definition) is 0. The maximum absolute atomic E-state index is 12.7. The quantitative estimate of drug-likeness (QED) is 0.520. The minimum absolute atomic E-state index is 0.166. The van der Waals surface area contributed by atoms with Gasteiger partial charge in [0.05, 0.1) is 17.3 Å². The maximum atomic E-state index is 12.7. The van der Waals surface area contributed by atoms with Gasteiger partial charge in [0.1, 0.15) is 5.75 Å². The number of carbonyl (C=O) groups excluding carboxylic acids is 1. The van der Waals surface area contributed by atoms with Crippen LogP contribution in [0.3, 0.4) is 0 Å². The van der Waals surface area contributed by atoms with Crippen LogP contribution in [0.25, 0.3) is 11.3 Å². The highest BCUT2D eigenvalue weighted by Gasteiger charge is 2.34. The average Bonchev–Trinajstić information content (AvgIpc) is 2.87. The average molecular weight is 473 g/mol. The second-order valence-electron chi connectivity index (χ2n) is 6.22. The molecule has 0 spiro atoms. The van der Waals surface area contributed by atoms with Crippen molar-refractivity contribution in [2.24, 2.45) is 0 Å². The molecule has 1 atom stereocenters. The van der Waals surface area contributed by atoms with E-state index in [9.17, 15) is 4.79 Å². The van der Waals surface area contributed by atoms with Gasteiger partial charge in [-0.15, -0.1) is 10.2 Å². The van der Waals surface area contributed by atoms with Crippen molar-refractivity contribution in [3.8, 4) is 22.9 Å². The molecule has 1 aliphatic rings. The van der Waals surface area contributed by atoms with Gasteiger partial charge < -0.3 is 9.47 Å². The van der Waals surface area contributed by atoms with Crippen LogP contribution in [0, 0.1) is 0 Å². The number of aromatic nitrogens is 3. The number of para-hydroxylation sites is 1. The zero-order valence-corrected chi connectivity index (χ0v) is 18.3. The third kappa shape index (κ3) is 3.56. The number of anilines is 1. The van der Waals surface area contributed by atoms with Crippen molar-refractivity contribution in [3.05, 3.63) is 52.5 Å². The van der Waals surface area contributed by atoms with E-state index in [2.05, 4.69) is 31.1 Å². The summed E-state index contributed by atoms with van der Waals surface area (Å²) >= 11 is 4.88. The molecule has 0 aliphatic carbocycles. The lowest BCUT2D eigenvalue weighted by molar-refractivity contribution is -0.118. The van der Waals surface area contributed by atoms with Gasteiger partial charge >= 0.3 is 0 Å². The van der Waals surface area contributed by atoms with Gasteiger partial charge in [-0.1, -0.05) is 30.0 Å². The largest absolute Gasteiger partial charge is 0.496 e. The van der Waals surface area contributed by atoms with Gasteiger partial charge in [-0.05, 0) is 46.5 Å². The minimum Gasteiger partial charge on any atom is -0.496 e. The van der Waals surface area contributed by atoms with Crippen LogP contribution in [-0.2, 0) is 4.79 Å². The van der Waals surface area contributed by atoms with E-state index in [1.807, 2.05) is 48.7 Å². The molecule has 0 radical (unpaired) electrons. The maximum Gasteiger partial charge on any atom is 0.247 e. The SMILES string of the molecule is COc1ccc([C@H]2Oc3nc(SC)nnc3-c3ccccc3N2C(C)=O)cc1Br. The number of nitrogens with zero attached hydrogens (tertiary/aromatic N) is 4. The topological polar surface area (TPSA) is 77.4 Å². The molecule has 1 amide bonds. The van der Waals surface area contributed by atoms with Gasteiger partial charge in [-0.3, -0.25) is 9.69 Å². The first kappa shape index (κ1) is 19.7. The Balaban J connectivity index is 1.95. The molecular formula is C20H17BrN4O3S. The Hall–Kier alpha value is -2.65. The smallest absolute Gasteiger partial charge is 0.247 e. The lowest BCUT2D eigenvalue weighted by Gasteiger charge is -2.30. The Bertz CT molecular complexity index is 1100. The summed E-state index contributed by atoms with van der Waals surface area (Å²) in [6.45, 7) is 1.51. The molecule has 3 aromatic rings. The third-order valence-electron chi connectivity index (χ3n) is 4.49. The highest BCUT2D eigenvalue weighted by atomic mass is 79.9. The second-order valence-corrected chi connectivity index (χ2v) is 7.85. The molecule has 1 aliphatic heterocycles. The number of rotatable bonds is 3. The number of carbonyl (C=O) groups is 1. The second kappa shape index (κ2) is 8.00. The first-order chi connectivity index (χ1) is 14.0. The molecule has 0 unspecified atom stereocenters. The van der Waals surface area contributed by atoms with Gasteiger partial charge in [-0.25, -0.2) is 0 Å². The zero-order chi connectivity index (χ0) is 20.5. The van der Waals surface area contributed by atoms with Crippen molar-refractivity contribution in [1.29, 1.82) is 0 Å². The van der Waals surface area contributed by atoms with Crippen LogP contribution in [0.2, 0.25) is 0 Å². The Morgan fingerprint density at radius 1 is 1.24 bits per heavy atom. The fourth-order valence-electron chi connectivity index (χ4n) is 3.19. The summed E-state index contributed by atoms with van der Waals surface area (Å²) in [5, 5.41) is 8.98. The molecule has 148 valence electrons. The Kier molecular flexibility index (Phi) is 5.42. The highest BCUT2D eigenvalue weighted by Crippen LogP contribution is 2.44. The van der Waals surface area contributed by atoms with Crippen LogP contribution in [0.4, 0.5) is 5.69 Å². The van der Waals surface area contributed by atoms with Crippen LogP contribution in [0.1, 0.15) is 18.7 Å². The van der Waals surface area contributed by atoms with E-state index in [-0.39, 0.29) is 5.91 Å². The first-order valence-electron chi connectivity index (χ1n) is 8.71. The van der Waals surface area contributed by atoms with Gasteiger partial charge in [0.15, 0.2) is 5.69 Å². The van der Waals surface area contributed by atoms with Crippen molar-refractivity contribution in [1.82, 2.24) is 15.2 Å². The monoisotopic (exact) mass is 472 g/mol. The summed E-state index contributed by atoms with van der Waals surface area (Å²) < 4.78 is 12.4. The van der Waals surface area contributed by atoms with Crippen molar-refractivity contribution in [2.45, 2.75) is 18.3 Å². The predicted molar refractivity (Wildman–Crippen MR) is 114 cm³/mol. The summed E-state index contributed by atoms with van der Waals surface area (Å²) in [4.78, 5) is 18.8. The number of benzene rings is 2. The summed E-state index contributed by atoms with van der Waals surface area (Å²) in [6, 6.07) is 13.1. The molecule has 0 saturated heterocycles. The fourth-order valence-corrected chi connectivity index (χ4v) is 4.05. The highest BCUT2D eigenvalue weighted by molar-refractivity contribution is 9.10. The predicted octanol–water partition coefficient (Wildman–Crippen LogP) is 4.48.